The first kappa shape index (κ1) is 24.4. The van der Waals surface area contributed by atoms with E-state index in [1.54, 1.807) is 24.3 Å². The second kappa shape index (κ2) is 10.8. The van der Waals surface area contributed by atoms with Gasteiger partial charge in [-0.25, -0.2) is 5.01 Å². The van der Waals surface area contributed by atoms with Crippen molar-refractivity contribution in [3.05, 3.63) is 101 Å². The van der Waals surface area contributed by atoms with E-state index in [4.69, 9.17) is 15.1 Å². The van der Waals surface area contributed by atoms with Crippen molar-refractivity contribution in [3.63, 3.8) is 0 Å². The Morgan fingerprint density at radius 3 is 2.55 bits per heavy atom. The molecule has 1 N–H and O–H groups in total. The normalized spacial score (nSPS) is 20.3. The number of hydrogen-bond acceptors (Lipinski definition) is 7. The van der Waals surface area contributed by atoms with E-state index in [0.29, 0.717) is 23.3 Å². The van der Waals surface area contributed by atoms with E-state index in [-0.39, 0.29) is 11.8 Å². The Balaban J connectivity index is 1.18. The summed E-state index contributed by atoms with van der Waals surface area (Å²) >= 11 is 0. The van der Waals surface area contributed by atoms with Crippen LogP contribution in [0.15, 0.2) is 77.9 Å². The zero-order valence-corrected chi connectivity index (χ0v) is 21.3. The summed E-state index contributed by atoms with van der Waals surface area (Å²) in [6.07, 6.45) is 2.49. The van der Waals surface area contributed by atoms with Crippen LogP contribution in [0.5, 0.6) is 5.75 Å². The van der Waals surface area contributed by atoms with Crippen molar-refractivity contribution < 1.29 is 9.53 Å². The standard InChI is InChI=1S/C31H31N5O2/c32-20-22-7-13-25(14-8-22)30(37)31-36-28(26-5-1-2-6-29(26)38-31)19-27(34-36)24-11-9-23(10-12-24)21-33-15-18-35-16-3-4-17-35/h1-2,5-14,28,31,33H,3-4,15-19,21H2. The van der Waals surface area contributed by atoms with Gasteiger partial charge in [-0.2, -0.15) is 10.4 Å². The topological polar surface area (TPSA) is 81.0 Å². The lowest BCUT2D eigenvalue weighted by Gasteiger charge is -2.37. The van der Waals surface area contributed by atoms with Gasteiger partial charge >= 0.3 is 0 Å². The van der Waals surface area contributed by atoms with Crippen molar-refractivity contribution in [2.75, 3.05) is 26.2 Å². The van der Waals surface area contributed by atoms with E-state index >= 15 is 0 Å². The van der Waals surface area contributed by atoms with Gasteiger partial charge in [0.25, 0.3) is 6.23 Å². The van der Waals surface area contributed by atoms with Gasteiger partial charge in [-0.3, -0.25) is 4.79 Å². The number of fused-ring (bicyclic) bond motifs is 3. The molecular weight excluding hydrogens is 474 g/mol. The highest BCUT2D eigenvalue weighted by molar-refractivity contribution is 6.03. The third kappa shape index (κ3) is 4.93. The summed E-state index contributed by atoms with van der Waals surface area (Å²) < 4.78 is 6.21. The maximum atomic E-state index is 13.5. The quantitative estimate of drug-likeness (QED) is 0.359. The Bertz CT molecular complexity index is 1370. The Kier molecular flexibility index (Phi) is 6.91. The fourth-order valence-corrected chi connectivity index (χ4v) is 5.52. The molecule has 2 unspecified atom stereocenters. The Hall–Kier alpha value is -3.99. The van der Waals surface area contributed by atoms with Gasteiger partial charge in [0.1, 0.15) is 5.75 Å². The van der Waals surface area contributed by atoms with E-state index in [9.17, 15) is 4.79 Å². The molecule has 3 aromatic carbocycles. The zero-order valence-electron chi connectivity index (χ0n) is 21.3. The summed E-state index contributed by atoms with van der Waals surface area (Å²) in [5, 5.41) is 19.4. The molecule has 2 atom stereocenters. The van der Waals surface area contributed by atoms with Crippen LogP contribution >= 0.6 is 0 Å². The van der Waals surface area contributed by atoms with Gasteiger partial charge in [-0.15, -0.1) is 0 Å². The number of nitrogens with zero attached hydrogens (tertiary/aromatic N) is 4. The van der Waals surface area contributed by atoms with Gasteiger partial charge in [-0.05, 0) is 67.4 Å². The van der Waals surface area contributed by atoms with E-state index in [2.05, 4.69) is 40.6 Å². The maximum absolute atomic E-state index is 13.5. The molecule has 38 heavy (non-hydrogen) atoms. The lowest BCUT2D eigenvalue weighted by Crippen LogP contribution is -2.45. The van der Waals surface area contributed by atoms with Crippen LogP contribution in [0.3, 0.4) is 0 Å². The molecule has 0 aromatic heterocycles. The fraction of sp³-hybridized carbons (Fsp3) is 0.323. The van der Waals surface area contributed by atoms with Crippen LogP contribution in [-0.2, 0) is 6.54 Å². The smallest absolute Gasteiger partial charge is 0.251 e. The van der Waals surface area contributed by atoms with Crippen molar-refractivity contribution in [1.29, 1.82) is 5.26 Å². The summed E-state index contributed by atoms with van der Waals surface area (Å²) in [5.41, 5.74) is 5.30. The molecule has 7 heteroatoms. The van der Waals surface area contributed by atoms with Crippen LogP contribution in [0.2, 0.25) is 0 Å². The molecule has 3 aliphatic heterocycles. The van der Waals surface area contributed by atoms with Crippen LogP contribution in [0.1, 0.15) is 57.9 Å². The molecule has 0 saturated carbocycles. The highest BCUT2D eigenvalue weighted by Gasteiger charge is 2.43. The van der Waals surface area contributed by atoms with Gasteiger partial charge < -0.3 is 15.0 Å². The first-order valence-electron chi connectivity index (χ1n) is 13.4. The third-order valence-corrected chi connectivity index (χ3v) is 7.64. The first-order valence-corrected chi connectivity index (χ1v) is 13.4. The molecule has 1 saturated heterocycles. The zero-order chi connectivity index (χ0) is 25.9. The number of carbonyl (C=O) groups excluding carboxylic acids is 1. The minimum atomic E-state index is -0.862. The Morgan fingerprint density at radius 1 is 1.03 bits per heavy atom. The van der Waals surface area contributed by atoms with Gasteiger partial charge in [0.15, 0.2) is 0 Å². The lowest BCUT2D eigenvalue weighted by atomic mass is 9.95. The van der Waals surface area contributed by atoms with Crippen LogP contribution in [0, 0.1) is 11.3 Å². The van der Waals surface area contributed by atoms with Crippen LogP contribution in [-0.4, -0.2) is 53.8 Å². The van der Waals surface area contributed by atoms with Crippen molar-refractivity contribution in [2.24, 2.45) is 5.10 Å². The van der Waals surface area contributed by atoms with Gasteiger partial charge in [0.05, 0.1) is 23.4 Å². The van der Waals surface area contributed by atoms with Gasteiger partial charge in [-0.1, -0.05) is 42.5 Å². The summed E-state index contributed by atoms with van der Waals surface area (Å²) in [6.45, 7) is 5.41. The van der Waals surface area contributed by atoms with Gasteiger partial charge in [0, 0.05) is 37.2 Å². The lowest BCUT2D eigenvalue weighted by molar-refractivity contribution is -0.00455. The minimum absolute atomic E-state index is 0.0748. The second-order valence-corrected chi connectivity index (χ2v) is 10.1. The molecular formula is C31H31N5O2. The first-order chi connectivity index (χ1) is 18.7. The number of hydrogen-bond donors (Lipinski definition) is 1. The minimum Gasteiger partial charge on any atom is -0.461 e. The van der Waals surface area contributed by atoms with Crippen molar-refractivity contribution in [1.82, 2.24) is 15.2 Å². The molecule has 3 aromatic rings. The van der Waals surface area contributed by atoms with E-state index in [1.165, 1.54) is 31.5 Å². The molecule has 0 radical (unpaired) electrons. The van der Waals surface area contributed by atoms with Crippen LogP contribution in [0.25, 0.3) is 0 Å². The van der Waals surface area contributed by atoms with E-state index < -0.39 is 6.23 Å². The molecule has 0 amide bonds. The number of carbonyl (C=O) groups is 1. The number of para-hydroxylation sites is 1. The predicted octanol–water partition coefficient (Wildman–Crippen LogP) is 4.50. The van der Waals surface area contributed by atoms with Crippen molar-refractivity contribution in [3.8, 4) is 11.8 Å². The number of ketones is 1. The number of likely N-dealkylation sites (tertiary alicyclic amines) is 1. The third-order valence-electron chi connectivity index (χ3n) is 7.64. The molecule has 0 spiro atoms. The molecule has 7 nitrogen and oxygen atoms in total. The van der Waals surface area contributed by atoms with Crippen molar-refractivity contribution in [2.45, 2.75) is 38.1 Å². The number of ether oxygens (including phenoxy) is 1. The van der Waals surface area contributed by atoms with Crippen LogP contribution in [0.4, 0.5) is 0 Å². The number of nitrogens with one attached hydrogen (secondary N) is 1. The Morgan fingerprint density at radius 2 is 1.79 bits per heavy atom. The average molecular weight is 506 g/mol. The highest BCUT2D eigenvalue weighted by Crippen LogP contribution is 2.43. The largest absolute Gasteiger partial charge is 0.461 e. The van der Waals surface area contributed by atoms with E-state index in [1.807, 2.05) is 29.3 Å². The fourth-order valence-electron chi connectivity index (χ4n) is 5.52. The molecule has 3 aliphatic rings. The summed E-state index contributed by atoms with van der Waals surface area (Å²) in [5.74, 6) is 0.543. The molecule has 192 valence electrons. The highest BCUT2D eigenvalue weighted by atomic mass is 16.5. The molecule has 3 heterocycles. The van der Waals surface area contributed by atoms with E-state index in [0.717, 1.165) is 36.5 Å². The molecule has 0 aliphatic carbocycles. The maximum Gasteiger partial charge on any atom is 0.251 e. The molecule has 0 bridgehead atoms. The SMILES string of the molecule is N#Cc1ccc(C(=O)C2Oc3ccccc3C3CC(c4ccc(CNCCN5CCCC5)cc4)=NN23)cc1. The summed E-state index contributed by atoms with van der Waals surface area (Å²) in [6, 6.07) is 25.1. The number of benzene rings is 3. The second-order valence-electron chi connectivity index (χ2n) is 10.1. The predicted molar refractivity (Wildman–Crippen MR) is 146 cm³/mol. The number of Topliss-reactive ketones (excluding diaryl/α,β-unsaturated/α-hetero) is 1. The monoisotopic (exact) mass is 505 g/mol. The number of nitriles is 1. The number of hydrazone groups is 1. The van der Waals surface area contributed by atoms with Gasteiger partial charge in [0.2, 0.25) is 5.78 Å². The summed E-state index contributed by atoms with van der Waals surface area (Å²) in [4.78, 5) is 16.0. The van der Waals surface area contributed by atoms with Crippen molar-refractivity contribution >= 4 is 11.5 Å². The van der Waals surface area contributed by atoms with Crippen LogP contribution < -0.4 is 10.1 Å². The molecule has 1 fully saturated rings. The summed E-state index contributed by atoms with van der Waals surface area (Å²) in [7, 11) is 0. The Labute approximate surface area is 223 Å². The molecule has 6 rings (SSSR count). The average Bonchev–Trinajstić information content (AvgIpc) is 3.66. The number of rotatable bonds is 8.